The SMILES string of the molecule is C=CCCC1CCC(/C=C/C2CCC(C3CCC(c4ccc(CCC)c(F)c4F)CC3)CC2)CC1. The lowest BCUT2D eigenvalue weighted by Crippen LogP contribution is -2.25. The average Bonchev–Trinajstić information content (AvgIpc) is 2.90. The van der Waals surface area contributed by atoms with Crippen LogP contribution in [0.4, 0.5) is 8.78 Å². The van der Waals surface area contributed by atoms with Crippen LogP contribution < -0.4 is 0 Å². The molecule has 1 aromatic carbocycles. The molecule has 4 rings (SSSR count). The van der Waals surface area contributed by atoms with E-state index in [-0.39, 0.29) is 5.92 Å². The zero-order valence-electron chi connectivity index (χ0n) is 22.1. The number of aryl methyl sites for hydroxylation is 1. The summed E-state index contributed by atoms with van der Waals surface area (Å²) in [6.45, 7) is 5.88. The van der Waals surface area contributed by atoms with Gasteiger partial charge in [-0.15, -0.1) is 6.58 Å². The van der Waals surface area contributed by atoms with Crippen LogP contribution in [0.5, 0.6) is 0 Å². The minimum atomic E-state index is -0.599. The first kappa shape index (κ1) is 26.6. The molecule has 194 valence electrons. The van der Waals surface area contributed by atoms with Gasteiger partial charge in [0.05, 0.1) is 0 Å². The fraction of sp³-hybridized carbons (Fsp3) is 0.697. The normalized spacial score (nSPS) is 32.1. The molecule has 0 radical (unpaired) electrons. The van der Waals surface area contributed by atoms with Crippen molar-refractivity contribution in [1.29, 1.82) is 0 Å². The minimum Gasteiger partial charge on any atom is -0.203 e. The van der Waals surface area contributed by atoms with Gasteiger partial charge in [-0.3, -0.25) is 0 Å². The molecule has 3 saturated carbocycles. The van der Waals surface area contributed by atoms with Gasteiger partial charge in [-0.2, -0.15) is 0 Å². The van der Waals surface area contributed by atoms with Crippen molar-refractivity contribution in [2.24, 2.45) is 29.6 Å². The summed E-state index contributed by atoms with van der Waals surface area (Å²) >= 11 is 0. The van der Waals surface area contributed by atoms with E-state index in [1.807, 2.05) is 19.1 Å². The van der Waals surface area contributed by atoms with E-state index in [4.69, 9.17) is 0 Å². The molecule has 0 unspecified atom stereocenters. The molecule has 0 aromatic heterocycles. The van der Waals surface area contributed by atoms with Crippen molar-refractivity contribution in [3.05, 3.63) is 59.7 Å². The van der Waals surface area contributed by atoms with Crippen molar-refractivity contribution in [2.45, 2.75) is 116 Å². The highest BCUT2D eigenvalue weighted by Crippen LogP contribution is 2.45. The van der Waals surface area contributed by atoms with Gasteiger partial charge in [0.1, 0.15) is 0 Å². The van der Waals surface area contributed by atoms with Gasteiger partial charge < -0.3 is 0 Å². The Balaban J connectivity index is 1.18. The smallest absolute Gasteiger partial charge is 0.162 e. The van der Waals surface area contributed by atoms with E-state index in [2.05, 4.69) is 24.8 Å². The molecule has 0 amide bonds. The molecule has 0 N–H and O–H groups in total. The summed E-state index contributed by atoms with van der Waals surface area (Å²) in [5.74, 6) is 3.17. The van der Waals surface area contributed by atoms with Gasteiger partial charge in [0, 0.05) is 0 Å². The molecule has 3 aliphatic carbocycles. The Bertz CT molecular complexity index is 816. The zero-order chi connectivity index (χ0) is 24.6. The highest BCUT2D eigenvalue weighted by Gasteiger charge is 2.32. The maximum Gasteiger partial charge on any atom is 0.162 e. The second-order valence-corrected chi connectivity index (χ2v) is 12.0. The van der Waals surface area contributed by atoms with Crippen LogP contribution in [0.15, 0.2) is 36.9 Å². The van der Waals surface area contributed by atoms with E-state index in [1.54, 1.807) is 0 Å². The van der Waals surface area contributed by atoms with Gasteiger partial charge in [-0.1, -0.05) is 43.7 Å². The predicted octanol–water partition coefficient (Wildman–Crippen LogP) is 10.3. The van der Waals surface area contributed by atoms with Crippen LogP contribution in [0.25, 0.3) is 0 Å². The Morgan fingerprint density at radius 1 is 0.771 bits per heavy atom. The number of hydrogen-bond donors (Lipinski definition) is 0. The summed E-state index contributed by atoms with van der Waals surface area (Å²) in [6, 6.07) is 3.70. The van der Waals surface area contributed by atoms with Crippen molar-refractivity contribution in [3.8, 4) is 0 Å². The molecule has 2 heteroatoms. The fourth-order valence-corrected chi connectivity index (χ4v) is 7.43. The highest BCUT2D eigenvalue weighted by atomic mass is 19.2. The predicted molar refractivity (Wildman–Crippen MR) is 145 cm³/mol. The Kier molecular flexibility index (Phi) is 10.0. The molecule has 0 aliphatic heterocycles. The molecule has 1 aromatic rings. The number of benzene rings is 1. The average molecular weight is 483 g/mol. The van der Waals surface area contributed by atoms with Crippen LogP contribution in [0.1, 0.15) is 120 Å². The Morgan fingerprint density at radius 2 is 1.34 bits per heavy atom. The van der Waals surface area contributed by atoms with Gasteiger partial charge in [-0.05, 0) is 143 Å². The third-order valence-electron chi connectivity index (χ3n) is 9.73. The lowest BCUT2D eigenvalue weighted by Gasteiger charge is -2.37. The lowest BCUT2D eigenvalue weighted by molar-refractivity contribution is 0.170. The Hall–Kier alpha value is -1.44. The lowest BCUT2D eigenvalue weighted by atomic mass is 9.68. The van der Waals surface area contributed by atoms with Crippen LogP contribution in [0.2, 0.25) is 0 Å². The molecule has 35 heavy (non-hydrogen) atoms. The fourth-order valence-electron chi connectivity index (χ4n) is 7.43. The maximum absolute atomic E-state index is 14.8. The van der Waals surface area contributed by atoms with Gasteiger partial charge in [0.25, 0.3) is 0 Å². The first-order chi connectivity index (χ1) is 17.1. The van der Waals surface area contributed by atoms with Crippen molar-refractivity contribution in [3.63, 3.8) is 0 Å². The van der Waals surface area contributed by atoms with E-state index < -0.39 is 11.6 Å². The summed E-state index contributed by atoms with van der Waals surface area (Å²) in [5.41, 5.74) is 1.16. The van der Waals surface area contributed by atoms with Gasteiger partial charge in [0.15, 0.2) is 11.6 Å². The van der Waals surface area contributed by atoms with Crippen molar-refractivity contribution >= 4 is 0 Å². The molecular weight excluding hydrogens is 434 g/mol. The first-order valence-electron chi connectivity index (χ1n) is 14.8. The minimum absolute atomic E-state index is 0.197. The van der Waals surface area contributed by atoms with Crippen molar-refractivity contribution in [2.75, 3.05) is 0 Å². The number of rotatable bonds is 9. The summed E-state index contributed by atoms with van der Waals surface area (Å²) in [5, 5.41) is 0. The van der Waals surface area contributed by atoms with Crippen molar-refractivity contribution < 1.29 is 8.78 Å². The second-order valence-electron chi connectivity index (χ2n) is 12.0. The molecular formula is C33H48F2. The summed E-state index contributed by atoms with van der Waals surface area (Å²) in [7, 11) is 0. The summed E-state index contributed by atoms with van der Waals surface area (Å²) in [6.07, 6.45) is 26.5. The van der Waals surface area contributed by atoms with Gasteiger partial charge in [0.2, 0.25) is 0 Å². The molecule has 0 saturated heterocycles. The summed E-state index contributed by atoms with van der Waals surface area (Å²) in [4.78, 5) is 0. The number of hydrogen-bond acceptors (Lipinski definition) is 0. The van der Waals surface area contributed by atoms with E-state index in [0.717, 1.165) is 48.9 Å². The van der Waals surface area contributed by atoms with E-state index in [0.29, 0.717) is 17.5 Å². The molecule has 0 nitrogen and oxygen atoms in total. The van der Waals surface area contributed by atoms with Gasteiger partial charge in [-0.25, -0.2) is 8.78 Å². The second kappa shape index (κ2) is 13.2. The zero-order valence-corrected chi connectivity index (χ0v) is 22.1. The Labute approximate surface area is 213 Å². The molecule has 0 heterocycles. The van der Waals surface area contributed by atoms with E-state index >= 15 is 0 Å². The van der Waals surface area contributed by atoms with E-state index in [1.165, 1.54) is 77.0 Å². The number of allylic oxidation sites excluding steroid dienone is 3. The van der Waals surface area contributed by atoms with Crippen LogP contribution in [-0.2, 0) is 6.42 Å². The topological polar surface area (TPSA) is 0 Å². The summed E-state index contributed by atoms with van der Waals surface area (Å²) < 4.78 is 29.2. The third-order valence-corrected chi connectivity index (χ3v) is 9.73. The quantitative estimate of drug-likeness (QED) is 0.307. The Morgan fingerprint density at radius 3 is 1.91 bits per heavy atom. The molecule has 3 fully saturated rings. The first-order valence-corrected chi connectivity index (χ1v) is 14.8. The van der Waals surface area contributed by atoms with Crippen LogP contribution in [0, 0.1) is 41.2 Å². The standard InChI is InChI=1S/C33H48F2/c1-3-5-7-24-8-10-25(11-9-24)12-13-26-14-16-27(17-15-26)28-18-20-29(21-19-28)31-23-22-30(6-4-2)32(34)33(31)35/h3,12-13,22-29H,1,4-11,14-21H2,2H3/b13-12+. The molecule has 3 aliphatic rings. The molecule has 0 spiro atoms. The van der Waals surface area contributed by atoms with Crippen molar-refractivity contribution in [1.82, 2.24) is 0 Å². The van der Waals surface area contributed by atoms with Crippen LogP contribution in [0.3, 0.4) is 0 Å². The van der Waals surface area contributed by atoms with Crippen LogP contribution in [-0.4, -0.2) is 0 Å². The van der Waals surface area contributed by atoms with Crippen LogP contribution >= 0.6 is 0 Å². The molecule has 0 bridgehead atoms. The van der Waals surface area contributed by atoms with Gasteiger partial charge >= 0.3 is 0 Å². The maximum atomic E-state index is 14.8. The van der Waals surface area contributed by atoms with E-state index in [9.17, 15) is 8.78 Å². The largest absolute Gasteiger partial charge is 0.203 e. The number of halogens is 2. The monoisotopic (exact) mass is 482 g/mol. The molecule has 0 atom stereocenters. The third kappa shape index (κ3) is 7.07. The highest BCUT2D eigenvalue weighted by molar-refractivity contribution is 5.29.